The van der Waals surface area contributed by atoms with Crippen molar-refractivity contribution in [2.75, 3.05) is 32.1 Å². The Kier molecular flexibility index (Phi) is 4.95. The van der Waals surface area contributed by atoms with E-state index in [-0.39, 0.29) is 12.5 Å². The molecule has 0 aliphatic heterocycles. The van der Waals surface area contributed by atoms with E-state index in [9.17, 15) is 9.90 Å². The lowest BCUT2D eigenvalue weighted by Gasteiger charge is -2.18. The third-order valence-corrected chi connectivity index (χ3v) is 4.04. The Bertz CT molecular complexity index is 462. The first kappa shape index (κ1) is 14.8. The van der Waals surface area contributed by atoms with E-state index in [1.807, 2.05) is 19.0 Å². The maximum absolute atomic E-state index is 12.2. The highest BCUT2D eigenvalue weighted by Crippen LogP contribution is 2.30. The molecule has 0 radical (unpaired) electrons. The number of carbonyl (C=O) groups is 1. The minimum atomic E-state index is -0.0703. The summed E-state index contributed by atoms with van der Waals surface area (Å²) in [5, 5.41) is 12.3. The molecule has 1 aliphatic rings. The van der Waals surface area contributed by atoms with Crippen LogP contribution >= 0.6 is 0 Å². The quantitative estimate of drug-likeness (QED) is 0.851. The Hall–Kier alpha value is -1.62. The van der Waals surface area contributed by atoms with Gasteiger partial charge in [-0.1, -0.05) is 6.42 Å². The van der Waals surface area contributed by atoms with Crippen LogP contribution in [0, 0.1) is 11.8 Å². The largest absolute Gasteiger partial charge is 0.396 e. The van der Waals surface area contributed by atoms with Gasteiger partial charge in [-0.15, -0.1) is 0 Å². The Labute approximate surface area is 120 Å². The fourth-order valence-corrected chi connectivity index (χ4v) is 2.75. The van der Waals surface area contributed by atoms with E-state index in [2.05, 4.69) is 10.3 Å². The fourth-order valence-electron chi connectivity index (χ4n) is 2.75. The lowest BCUT2D eigenvalue weighted by molar-refractivity contribution is 0.0937. The zero-order valence-electron chi connectivity index (χ0n) is 12.2. The second kappa shape index (κ2) is 6.70. The van der Waals surface area contributed by atoms with Crippen molar-refractivity contribution < 1.29 is 9.90 Å². The van der Waals surface area contributed by atoms with Crippen molar-refractivity contribution in [3.05, 3.63) is 23.9 Å². The molecule has 5 heteroatoms. The number of aliphatic hydroxyl groups is 1. The van der Waals surface area contributed by atoms with Crippen LogP contribution in [0.2, 0.25) is 0 Å². The number of hydrogen-bond donors (Lipinski definition) is 2. The van der Waals surface area contributed by atoms with Gasteiger partial charge in [0.25, 0.3) is 5.91 Å². The molecule has 1 amide bonds. The molecule has 0 aromatic carbocycles. The van der Waals surface area contributed by atoms with Crippen molar-refractivity contribution in [3.8, 4) is 0 Å². The molecule has 2 atom stereocenters. The van der Waals surface area contributed by atoms with Gasteiger partial charge >= 0.3 is 0 Å². The van der Waals surface area contributed by atoms with Crippen LogP contribution in [-0.4, -0.2) is 43.2 Å². The summed E-state index contributed by atoms with van der Waals surface area (Å²) in [5.74, 6) is 1.44. The zero-order chi connectivity index (χ0) is 14.5. The third kappa shape index (κ3) is 3.48. The van der Waals surface area contributed by atoms with E-state index in [4.69, 9.17) is 0 Å². The summed E-state index contributed by atoms with van der Waals surface area (Å²) in [7, 11) is 3.79. The summed E-state index contributed by atoms with van der Waals surface area (Å²) in [5.41, 5.74) is 0.627. The van der Waals surface area contributed by atoms with Crippen LogP contribution in [0.3, 0.4) is 0 Å². The maximum atomic E-state index is 12.2. The average Bonchev–Trinajstić information content (AvgIpc) is 2.92. The number of anilines is 1. The number of amides is 1. The predicted molar refractivity (Wildman–Crippen MR) is 78.8 cm³/mol. The van der Waals surface area contributed by atoms with Gasteiger partial charge in [0, 0.05) is 39.0 Å². The molecule has 2 rings (SSSR count). The molecule has 5 nitrogen and oxygen atoms in total. The number of carbonyl (C=O) groups excluding carboxylic acids is 1. The van der Waals surface area contributed by atoms with Gasteiger partial charge in [0.15, 0.2) is 0 Å². The summed E-state index contributed by atoms with van der Waals surface area (Å²) in [4.78, 5) is 18.2. The van der Waals surface area contributed by atoms with Gasteiger partial charge in [-0.2, -0.15) is 0 Å². The third-order valence-electron chi connectivity index (χ3n) is 4.04. The number of hydrogen-bond acceptors (Lipinski definition) is 4. The molecule has 0 bridgehead atoms. The van der Waals surface area contributed by atoms with Crippen molar-refractivity contribution in [2.24, 2.45) is 11.8 Å². The van der Waals surface area contributed by atoms with Gasteiger partial charge in [-0.3, -0.25) is 4.79 Å². The Morgan fingerprint density at radius 1 is 1.45 bits per heavy atom. The second-order valence-corrected chi connectivity index (χ2v) is 5.64. The molecule has 1 aromatic heterocycles. The number of pyridine rings is 1. The topological polar surface area (TPSA) is 65.5 Å². The minimum absolute atomic E-state index is 0.0703. The number of aliphatic hydroxyl groups excluding tert-OH is 1. The number of rotatable bonds is 5. The highest BCUT2D eigenvalue weighted by molar-refractivity contribution is 5.94. The van der Waals surface area contributed by atoms with Crippen molar-refractivity contribution >= 4 is 11.7 Å². The summed E-state index contributed by atoms with van der Waals surface area (Å²) < 4.78 is 0. The molecule has 1 aliphatic carbocycles. The standard InChI is InChI=1S/C15H23N3O2/c1-18(2)14-8-11(6-7-16-14)15(20)17-9-12-4-3-5-13(12)10-19/h6-8,12-13,19H,3-5,9-10H2,1-2H3,(H,17,20). The van der Waals surface area contributed by atoms with E-state index in [1.165, 1.54) is 0 Å². The molecule has 1 fully saturated rings. The number of aromatic nitrogens is 1. The minimum Gasteiger partial charge on any atom is -0.396 e. The molecule has 110 valence electrons. The van der Waals surface area contributed by atoms with Crippen LogP contribution in [0.1, 0.15) is 29.6 Å². The Morgan fingerprint density at radius 3 is 2.90 bits per heavy atom. The zero-order valence-corrected chi connectivity index (χ0v) is 12.2. The van der Waals surface area contributed by atoms with Gasteiger partial charge < -0.3 is 15.3 Å². The Balaban J connectivity index is 1.93. The molecule has 1 heterocycles. The maximum Gasteiger partial charge on any atom is 0.251 e. The van der Waals surface area contributed by atoms with Crippen LogP contribution in [0.25, 0.3) is 0 Å². The molecule has 2 unspecified atom stereocenters. The predicted octanol–water partition coefficient (Wildman–Crippen LogP) is 1.29. The van der Waals surface area contributed by atoms with Crippen molar-refractivity contribution in [3.63, 3.8) is 0 Å². The lowest BCUT2D eigenvalue weighted by atomic mass is 9.97. The van der Waals surface area contributed by atoms with Crippen LogP contribution in [-0.2, 0) is 0 Å². The van der Waals surface area contributed by atoms with Crippen LogP contribution in [0.15, 0.2) is 18.3 Å². The fraction of sp³-hybridized carbons (Fsp3) is 0.600. The molecule has 0 saturated heterocycles. The molecule has 2 N–H and O–H groups in total. The van der Waals surface area contributed by atoms with Crippen molar-refractivity contribution in [1.82, 2.24) is 10.3 Å². The SMILES string of the molecule is CN(C)c1cc(C(=O)NCC2CCCC2CO)ccn1. The summed E-state index contributed by atoms with van der Waals surface area (Å²) in [6.07, 6.45) is 4.95. The molecular weight excluding hydrogens is 254 g/mol. The normalized spacial score (nSPS) is 21.8. The van der Waals surface area contributed by atoms with E-state index in [1.54, 1.807) is 18.3 Å². The Morgan fingerprint density at radius 2 is 2.20 bits per heavy atom. The summed E-state index contributed by atoms with van der Waals surface area (Å²) in [6, 6.07) is 3.51. The van der Waals surface area contributed by atoms with E-state index in [0.29, 0.717) is 23.9 Å². The first-order valence-corrected chi connectivity index (χ1v) is 7.14. The van der Waals surface area contributed by atoms with Gasteiger partial charge in [0.05, 0.1) is 0 Å². The highest BCUT2D eigenvalue weighted by Gasteiger charge is 2.26. The smallest absolute Gasteiger partial charge is 0.251 e. The van der Waals surface area contributed by atoms with Crippen LogP contribution in [0.5, 0.6) is 0 Å². The second-order valence-electron chi connectivity index (χ2n) is 5.64. The first-order chi connectivity index (χ1) is 9.61. The van der Waals surface area contributed by atoms with E-state index in [0.717, 1.165) is 25.1 Å². The van der Waals surface area contributed by atoms with Gasteiger partial charge in [0.1, 0.15) is 5.82 Å². The number of nitrogens with zero attached hydrogens (tertiary/aromatic N) is 2. The van der Waals surface area contributed by atoms with Gasteiger partial charge in [-0.05, 0) is 36.8 Å². The highest BCUT2D eigenvalue weighted by atomic mass is 16.3. The van der Waals surface area contributed by atoms with Gasteiger partial charge in [-0.25, -0.2) is 4.98 Å². The van der Waals surface area contributed by atoms with Crippen LogP contribution < -0.4 is 10.2 Å². The molecule has 1 aromatic rings. The molecular formula is C15H23N3O2. The lowest BCUT2D eigenvalue weighted by Crippen LogP contribution is -2.31. The van der Waals surface area contributed by atoms with Gasteiger partial charge in [0.2, 0.25) is 0 Å². The summed E-state index contributed by atoms with van der Waals surface area (Å²) >= 11 is 0. The molecule has 0 spiro atoms. The van der Waals surface area contributed by atoms with E-state index >= 15 is 0 Å². The summed E-state index contributed by atoms with van der Waals surface area (Å²) in [6.45, 7) is 0.865. The van der Waals surface area contributed by atoms with E-state index < -0.39 is 0 Å². The molecule has 20 heavy (non-hydrogen) atoms. The van der Waals surface area contributed by atoms with Crippen molar-refractivity contribution in [1.29, 1.82) is 0 Å². The molecule has 1 saturated carbocycles. The first-order valence-electron chi connectivity index (χ1n) is 7.14. The van der Waals surface area contributed by atoms with Crippen LogP contribution in [0.4, 0.5) is 5.82 Å². The average molecular weight is 277 g/mol. The number of nitrogens with one attached hydrogen (secondary N) is 1. The van der Waals surface area contributed by atoms with Crippen molar-refractivity contribution in [2.45, 2.75) is 19.3 Å². The monoisotopic (exact) mass is 277 g/mol.